The average molecular weight is 345 g/mol. The Kier molecular flexibility index (Phi) is 4.49. The Balaban J connectivity index is 2.15. The van der Waals surface area contributed by atoms with Gasteiger partial charge in [0.25, 0.3) is 0 Å². The van der Waals surface area contributed by atoms with E-state index in [0.717, 1.165) is 20.1 Å². The molecular formula is C14H15BrClNS. The first-order valence-corrected chi connectivity index (χ1v) is 7.72. The van der Waals surface area contributed by atoms with Crippen LogP contribution in [-0.4, -0.2) is 0 Å². The van der Waals surface area contributed by atoms with E-state index < -0.39 is 0 Å². The van der Waals surface area contributed by atoms with Crippen LogP contribution in [-0.2, 0) is 6.42 Å². The second-order valence-electron chi connectivity index (χ2n) is 4.50. The minimum Gasteiger partial charge on any atom is -0.323 e. The van der Waals surface area contributed by atoms with Gasteiger partial charge in [0.05, 0.1) is 8.81 Å². The van der Waals surface area contributed by atoms with Crippen LogP contribution in [0.5, 0.6) is 0 Å². The van der Waals surface area contributed by atoms with Gasteiger partial charge in [0.15, 0.2) is 0 Å². The molecule has 1 aromatic heterocycles. The third kappa shape index (κ3) is 3.15. The van der Waals surface area contributed by atoms with Gasteiger partial charge in [-0.15, -0.1) is 11.3 Å². The lowest BCUT2D eigenvalue weighted by Gasteiger charge is -2.11. The minimum absolute atomic E-state index is 0.000839. The Morgan fingerprint density at radius 1 is 1.28 bits per heavy atom. The zero-order valence-corrected chi connectivity index (χ0v) is 13.5. The second-order valence-corrected chi connectivity index (χ2v) is 7.31. The van der Waals surface area contributed by atoms with Gasteiger partial charge in [-0.1, -0.05) is 29.8 Å². The molecule has 0 spiro atoms. The second kappa shape index (κ2) is 5.74. The van der Waals surface area contributed by atoms with Crippen molar-refractivity contribution < 1.29 is 0 Å². The number of halogens is 2. The summed E-state index contributed by atoms with van der Waals surface area (Å²) in [6.45, 7) is 4.25. The number of nitrogens with two attached hydrogens (primary N) is 1. The van der Waals surface area contributed by atoms with E-state index in [9.17, 15) is 0 Å². The van der Waals surface area contributed by atoms with Crippen LogP contribution < -0.4 is 5.73 Å². The Hall–Kier alpha value is -0.350. The number of hydrogen-bond acceptors (Lipinski definition) is 2. The number of benzene rings is 1. The largest absolute Gasteiger partial charge is 0.323 e. The van der Waals surface area contributed by atoms with E-state index in [2.05, 4.69) is 48.0 Å². The number of aryl methyl sites for hydroxylation is 2. The quantitative estimate of drug-likeness (QED) is 0.831. The molecule has 0 saturated carbocycles. The lowest BCUT2D eigenvalue weighted by atomic mass is 10.0. The van der Waals surface area contributed by atoms with Crippen LogP contribution in [0.1, 0.15) is 27.6 Å². The smallest absolute Gasteiger partial charge is 0.0887 e. The normalized spacial score (nSPS) is 12.7. The van der Waals surface area contributed by atoms with Gasteiger partial charge in [-0.05, 0) is 59.0 Å². The number of thiophene rings is 1. The van der Waals surface area contributed by atoms with Crippen LogP contribution in [0, 0.1) is 13.8 Å². The van der Waals surface area contributed by atoms with E-state index in [-0.39, 0.29) is 6.04 Å². The van der Waals surface area contributed by atoms with Crippen LogP contribution in [0.2, 0.25) is 5.02 Å². The molecule has 0 aliphatic carbocycles. The summed E-state index contributed by atoms with van der Waals surface area (Å²) in [4.78, 5) is 1.12. The highest BCUT2D eigenvalue weighted by Crippen LogP contribution is 2.35. The monoisotopic (exact) mass is 343 g/mol. The van der Waals surface area contributed by atoms with Crippen molar-refractivity contribution in [3.8, 4) is 0 Å². The standard InChI is InChI=1S/C14H15BrClNS/c1-8-3-4-10(5-9(8)2)6-12(17)13-7-11(16)14(15)18-13/h3-5,7,12H,6,17H2,1-2H3. The van der Waals surface area contributed by atoms with Gasteiger partial charge < -0.3 is 5.73 Å². The van der Waals surface area contributed by atoms with E-state index in [1.54, 1.807) is 11.3 Å². The van der Waals surface area contributed by atoms with Crippen LogP contribution in [0.3, 0.4) is 0 Å². The number of hydrogen-bond donors (Lipinski definition) is 1. The Morgan fingerprint density at radius 3 is 2.56 bits per heavy atom. The summed E-state index contributed by atoms with van der Waals surface area (Å²) in [5.74, 6) is 0. The highest BCUT2D eigenvalue weighted by Gasteiger charge is 2.13. The van der Waals surface area contributed by atoms with Crippen molar-refractivity contribution in [2.45, 2.75) is 26.3 Å². The van der Waals surface area contributed by atoms with Crippen molar-refractivity contribution >= 4 is 38.9 Å². The fourth-order valence-corrected chi connectivity index (χ4v) is 3.58. The van der Waals surface area contributed by atoms with Crippen molar-refractivity contribution in [1.29, 1.82) is 0 Å². The average Bonchev–Trinajstić information content (AvgIpc) is 2.65. The molecule has 1 atom stereocenters. The van der Waals surface area contributed by atoms with E-state index in [1.165, 1.54) is 16.7 Å². The summed E-state index contributed by atoms with van der Waals surface area (Å²) >= 11 is 11.1. The summed E-state index contributed by atoms with van der Waals surface area (Å²) in [6.07, 6.45) is 0.838. The van der Waals surface area contributed by atoms with Gasteiger partial charge in [-0.3, -0.25) is 0 Å². The molecule has 2 rings (SSSR count). The van der Waals surface area contributed by atoms with Crippen LogP contribution in [0.15, 0.2) is 28.1 Å². The van der Waals surface area contributed by atoms with E-state index >= 15 is 0 Å². The fourth-order valence-electron chi connectivity index (χ4n) is 1.83. The highest BCUT2D eigenvalue weighted by atomic mass is 79.9. The SMILES string of the molecule is Cc1ccc(CC(N)c2cc(Cl)c(Br)s2)cc1C. The van der Waals surface area contributed by atoms with E-state index in [1.807, 2.05) is 6.07 Å². The Bertz CT molecular complexity index is 545. The Labute approximate surface area is 125 Å². The molecule has 0 fully saturated rings. The third-order valence-electron chi connectivity index (χ3n) is 3.06. The van der Waals surface area contributed by atoms with E-state index in [0.29, 0.717) is 0 Å². The molecule has 4 heteroatoms. The molecule has 1 unspecified atom stereocenters. The molecular weight excluding hydrogens is 330 g/mol. The zero-order valence-electron chi connectivity index (χ0n) is 10.3. The maximum Gasteiger partial charge on any atom is 0.0887 e. The summed E-state index contributed by atoms with van der Waals surface area (Å²) in [7, 11) is 0. The predicted octanol–water partition coefficient (Wildman–Crippen LogP) is 5.02. The molecule has 18 heavy (non-hydrogen) atoms. The van der Waals surface area contributed by atoms with Gasteiger partial charge in [0, 0.05) is 10.9 Å². The minimum atomic E-state index is 0.000839. The van der Waals surface area contributed by atoms with E-state index in [4.69, 9.17) is 17.3 Å². The van der Waals surface area contributed by atoms with Gasteiger partial charge in [0.2, 0.25) is 0 Å². The third-order valence-corrected chi connectivity index (χ3v) is 5.66. The fraction of sp³-hybridized carbons (Fsp3) is 0.286. The lowest BCUT2D eigenvalue weighted by Crippen LogP contribution is -2.11. The summed E-state index contributed by atoms with van der Waals surface area (Å²) < 4.78 is 0.953. The molecule has 0 amide bonds. The molecule has 0 aliphatic rings. The zero-order chi connectivity index (χ0) is 13.3. The van der Waals surface area contributed by atoms with Gasteiger partial charge in [-0.25, -0.2) is 0 Å². The van der Waals surface area contributed by atoms with Crippen molar-refractivity contribution in [2.75, 3.05) is 0 Å². The maximum atomic E-state index is 6.23. The van der Waals surface area contributed by atoms with Crippen molar-refractivity contribution in [3.05, 3.63) is 54.6 Å². The molecule has 1 heterocycles. The van der Waals surface area contributed by atoms with Crippen molar-refractivity contribution in [3.63, 3.8) is 0 Å². The predicted molar refractivity (Wildman–Crippen MR) is 83.6 cm³/mol. The molecule has 2 N–H and O–H groups in total. The molecule has 0 saturated heterocycles. The molecule has 96 valence electrons. The molecule has 1 nitrogen and oxygen atoms in total. The molecule has 0 aliphatic heterocycles. The first kappa shape index (κ1) is 14.1. The molecule has 2 aromatic rings. The highest BCUT2D eigenvalue weighted by molar-refractivity contribution is 9.11. The van der Waals surface area contributed by atoms with Gasteiger partial charge in [0.1, 0.15) is 0 Å². The maximum absolute atomic E-state index is 6.23. The number of rotatable bonds is 3. The van der Waals surface area contributed by atoms with Crippen LogP contribution >= 0.6 is 38.9 Å². The summed E-state index contributed by atoms with van der Waals surface area (Å²) in [5, 5.41) is 0.741. The topological polar surface area (TPSA) is 26.0 Å². The van der Waals surface area contributed by atoms with Gasteiger partial charge >= 0.3 is 0 Å². The molecule has 0 radical (unpaired) electrons. The summed E-state index contributed by atoms with van der Waals surface area (Å²) in [5.41, 5.74) is 10.1. The lowest BCUT2D eigenvalue weighted by molar-refractivity contribution is 0.736. The molecule has 0 bridgehead atoms. The van der Waals surface area contributed by atoms with Gasteiger partial charge in [-0.2, -0.15) is 0 Å². The van der Waals surface area contributed by atoms with Crippen LogP contribution in [0.25, 0.3) is 0 Å². The molecule has 1 aromatic carbocycles. The Morgan fingerprint density at radius 2 is 2.00 bits per heavy atom. The summed E-state index contributed by atoms with van der Waals surface area (Å²) in [6, 6.07) is 8.45. The first-order valence-electron chi connectivity index (χ1n) is 5.74. The first-order chi connectivity index (χ1) is 8.47. The van der Waals surface area contributed by atoms with Crippen molar-refractivity contribution in [2.24, 2.45) is 5.73 Å². The van der Waals surface area contributed by atoms with Crippen molar-refractivity contribution in [1.82, 2.24) is 0 Å². The van der Waals surface area contributed by atoms with Crippen LogP contribution in [0.4, 0.5) is 0 Å².